The van der Waals surface area contributed by atoms with E-state index in [2.05, 4.69) is 29.7 Å². The molecule has 0 radical (unpaired) electrons. The van der Waals surface area contributed by atoms with Gasteiger partial charge in [0.05, 0.1) is 17.7 Å². The summed E-state index contributed by atoms with van der Waals surface area (Å²) in [5.74, 6) is 0. The SMILES string of the molecule is CCc1ccc(C(C)NC(=O)Nc2ccc(C#N)cc2)cc1. The predicted molar refractivity (Wildman–Crippen MR) is 87.5 cm³/mol. The molecule has 4 nitrogen and oxygen atoms in total. The fourth-order valence-electron chi connectivity index (χ4n) is 2.12. The minimum Gasteiger partial charge on any atom is -0.331 e. The molecule has 2 aromatic carbocycles. The van der Waals surface area contributed by atoms with E-state index in [1.54, 1.807) is 24.3 Å². The van der Waals surface area contributed by atoms with Crippen molar-refractivity contribution in [2.75, 3.05) is 5.32 Å². The Morgan fingerprint density at radius 2 is 1.77 bits per heavy atom. The summed E-state index contributed by atoms with van der Waals surface area (Å²) >= 11 is 0. The highest BCUT2D eigenvalue weighted by molar-refractivity contribution is 5.89. The number of hydrogen-bond acceptors (Lipinski definition) is 2. The molecule has 2 N–H and O–H groups in total. The Labute approximate surface area is 130 Å². The van der Waals surface area contributed by atoms with Crippen LogP contribution in [-0.4, -0.2) is 6.03 Å². The van der Waals surface area contributed by atoms with Gasteiger partial charge in [-0.05, 0) is 48.7 Å². The van der Waals surface area contributed by atoms with Crippen LogP contribution < -0.4 is 10.6 Å². The predicted octanol–water partition coefficient (Wildman–Crippen LogP) is 4.00. The minimum atomic E-state index is -0.267. The number of benzene rings is 2. The van der Waals surface area contributed by atoms with Crippen LogP contribution in [0.5, 0.6) is 0 Å². The monoisotopic (exact) mass is 293 g/mol. The lowest BCUT2D eigenvalue weighted by Crippen LogP contribution is -2.31. The van der Waals surface area contributed by atoms with Crippen molar-refractivity contribution in [3.63, 3.8) is 0 Å². The Balaban J connectivity index is 1.93. The quantitative estimate of drug-likeness (QED) is 0.894. The van der Waals surface area contributed by atoms with Crippen LogP contribution in [0.4, 0.5) is 10.5 Å². The van der Waals surface area contributed by atoms with Crippen molar-refractivity contribution in [2.45, 2.75) is 26.3 Å². The van der Waals surface area contributed by atoms with E-state index in [1.807, 2.05) is 25.1 Å². The molecule has 22 heavy (non-hydrogen) atoms. The maximum absolute atomic E-state index is 12.0. The van der Waals surface area contributed by atoms with Crippen LogP contribution in [0.15, 0.2) is 48.5 Å². The number of aryl methyl sites for hydroxylation is 1. The lowest BCUT2D eigenvalue weighted by Gasteiger charge is -2.15. The van der Waals surface area contributed by atoms with Crippen molar-refractivity contribution in [2.24, 2.45) is 0 Å². The highest BCUT2D eigenvalue weighted by atomic mass is 16.2. The van der Waals surface area contributed by atoms with Crippen LogP contribution in [0, 0.1) is 11.3 Å². The first kappa shape index (κ1) is 15.6. The Hall–Kier alpha value is -2.80. The van der Waals surface area contributed by atoms with Gasteiger partial charge in [-0.2, -0.15) is 5.26 Å². The van der Waals surface area contributed by atoms with Gasteiger partial charge in [0.2, 0.25) is 0 Å². The lowest BCUT2D eigenvalue weighted by atomic mass is 10.1. The van der Waals surface area contributed by atoms with Crippen LogP contribution >= 0.6 is 0 Å². The molecule has 2 rings (SSSR count). The number of rotatable bonds is 4. The van der Waals surface area contributed by atoms with Gasteiger partial charge in [0.25, 0.3) is 0 Å². The second kappa shape index (κ2) is 7.28. The van der Waals surface area contributed by atoms with E-state index in [-0.39, 0.29) is 12.1 Å². The third-order valence-electron chi connectivity index (χ3n) is 3.51. The van der Waals surface area contributed by atoms with E-state index in [0.29, 0.717) is 11.3 Å². The van der Waals surface area contributed by atoms with Crippen molar-refractivity contribution < 1.29 is 4.79 Å². The van der Waals surface area contributed by atoms with Gasteiger partial charge in [-0.15, -0.1) is 0 Å². The first-order valence-electron chi connectivity index (χ1n) is 7.29. The van der Waals surface area contributed by atoms with Crippen LogP contribution in [0.3, 0.4) is 0 Å². The molecule has 0 spiro atoms. The zero-order valence-corrected chi connectivity index (χ0v) is 12.8. The average molecular weight is 293 g/mol. The second-order valence-corrected chi connectivity index (χ2v) is 5.10. The van der Waals surface area contributed by atoms with Crippen molar-refractivity contribution >= 4 is 11.7 Å². The molecule has 0 bridgehead atoms. The molecule has 0 saturated heterocycles. The van der Waals surface area contributed by atoms with Crippen LogP contribution in [0.2, 0.25) is 0 Å². The molecular weight excluding hydrogens is 274 g/mol. The lowest BCUT2D eigenvalue weighted by molar-refractivity contribution is 0.249. The number of nitriles is 1. The summed E-state index contributed by atoms with van der Waals surface area (Å²) in [6, 6.07) is 16.7. The molecule has 0 aliphatic heterocycles. The number of amides is 2. The van der Waals surface area contributed by atoms with Crippen molar-refractivity contribution in [1.82, 2.24) is 5.32 Å². The van der Waals surface area contributed by atoms with Crippen LogP contribution in [0.1, 0.15) is 36.6 Å². The summed E-state index contributed by atoms with van der Waals surface area (Å²) in [5.41, 5.74) is 3.56. The first-order valence-corrected chi connectivity index (χ1v) is 7.29. The Morgan fingerprint density at radius 3 is 2.32 bits per heavy atom. The number of nitrogens with zero attached hydrogens (tertiary/aromatic N) is 1. The van der Waals surface area contributed by atoms with E-state index in [1.165, 1.54) is 5.56 Å². The largest absolute Gasteiger partial charge is 0.331 e. The third kappa shape index (κ3) is 4.10. The minimum absolute atomic E-state index is 0.0794. The van der Waals surface area contributed by atoms with Gasteiger partial charge in [-0.3, -0.25) is 0 Å². The number of urea groups is 1. The number of carbonyl (C=O) groups excluding carboxylic acids is 1. The van der Waals surface area contributed by atoms with Gasteiger partial charge in [-0.1, -0.05) is 31.2 Å². The molecule has 0 aliphatic carbocycles. The highest BCUT2D eigenvalue weighted by Gasteiger charge is 2.09. The van der Waals surface area contributed by atoms with Gasteiger partial charge >= 0.3 is 6.03 Å². The van der Waals surface area contributed by atoms with E-state index in [0.717, 1.165) is 12.0 Å². The number of hydrogen-bond donors (Lipinski definition) is 2. The van der Waals surface area contributed by atoms with Crippen molar-refractivity contribution in [1.29, 1.82) is 5.26 Å². The Bertz CT molecular complexity index is 669. The van der Waals surface area contributed by atoms with Gasteiger partial charge in [0.1, 0.15) is 0 Å². The maximum Gasteiger partial charge on any atom is 0.319 e. The Kier molecular flexibility index (Phi) is 5.16. The van der Waals surface area contributed by atoms with Crippen molar-refractivity contribution in [3.05, 3.63) is 65.2 Å². The number of carbonyl (C=O) groups is 1. The molecule has 2 aromatic rings. The molecule has 0 aromatic heterocycles. The summed E-state index contributed by atoms with van der Waals surface area (Å²) in [6.45, 7) is 4.06. The summed E-state index contributed by atoms with van der Waals surface area (Å²) in [5, 5.41) is 14.4. The van der Waals surface area contributed by atoms with E-state index in [9.17, 15) is 4.79 Å². The fourth-order valence-corrected chi connectivity index (χ4v) is 2.12. The molecule has 0 saturated carbocycles. The van der Waals surface area contributed by atoms with Gasteiger partial charge in [0.15, 0.2) is 0 Å². The van der Waals surface area contributed by atoms with Gasteiger partial charge in [-0.25, -0.2) is 4.79 Å². The second-order valence-electron chi connectivity index (χ2n) is 5.10. The molecule has 2 amide bonds. The molecule has 4 heteroatoms. The highest BCUT2D eigenvalue weighted by Crippen LogP contribution is 2.14. The topological polar surface area (TPSA) is 64.9 Å². The van der Waals surface area contributed by atoms with Crippen molar-refractivity contribution in [3.8, 4) is 6.07 Å². The molecule has 0 fully saturated rings. The zero-order chi connectivity index (χ0) is 15.9. The molecule has 1 unspecified atom stereocenters. The normalized spacial score (nSPS) is 11.3. The van der Waals surface area contributed by atoms with E-state index >= 15 is 0 Å². The average Bonchev–Trinajstić information content (AvgIpc) is 2.55. The molecule has 0 aliphatic rings. The number of anilines is 1. The summed E-state index contributed by atoms with van der Waals surface area (Å²) < 4.78 is 0. The first-order chi connectivity index (χ1) is 10.6. The maximum atomic E-state index is 12.0. The van der Waals surface area contributed by atoms with Gasteiger partial charge < -0.3 is 10.6 Å². The Morgan fingerprint density at radius 1 is 1.14 bits per heavy atom. The molecule has 1 atom stereocenters. The van der Waals surface area contributed by atoms with E-state index < -0.39 is 0 Å². The fraction of sp³-hybridized carbons (Fsp3) is 0.222. The summed E-state index contributed by atoms with van der Waals surface area (Å²) in [6.07, 6.45) is 1.00. The van der Waals surface area contributed by atoms with Crippen LogP contribution in [-0.2, 0) is 6.42 Å². The third-order valence-corrected chi connectivity index (χ3v) is 3.51. The van der Waals surface area contributed by atoms with Gasteiger partial charge in [0, 0.05) is 5.69 Å². The molecule has 112 valence electrons. The smallest absolute Gasteiger partial charge is 0.319 e. The summed E-state index contributed by atoms with van der Waals surface area (Å²) in [4.78, 5) is 12.0. The molecule has 0 heterocycles. The number of nitrogens with one attached hydrogen (secondary N) is 2. The zero-order valence-electron chi connectivity index (χ0n) is 12.8. The van der Waals surface area contributed by atoms with Crippen LogP contribution in [0.25, 0.3) is 0 Å². The summed E-state index contributed by atoms with van der Waals surface area (Å²) in [7, 11) is 0. The molecular formula is C18H19N3O. The van der Waals surface area contributed by atoms with E-state index in [4.69, 9.17) is 5.26 Å². The standard InChI is InChI=1S/C18H19N3O/c1-3-14-4-8-16(9-5-14)13(2)20-18(22)21-17-10-6-15(12-19)7-11-17/h4-11,13H,3H2,1-2H3,(H2,20,21,22).